The van der Waals surface area contributed by atoms with Crippen LogP contribution in [-0.4, -0.2) is 21.8 Å². The van der Waals surface area contributed by atoms with Crippen LogP contribution in [0.2, 0.25) is 0 Å². The van der Waals surface area contributed by atoms with Gasteiger partial charge in [-0.05, 0) is 25.0 Å². The van der Waals surface area contributed by atoms with Gasteiger partial charge in [-0.1, -0.05) is 37.1 Å². The maximum atomic E-state index is 12.0. The predicted octanol–water partition coefficient (Wildman–Crippen LogP) is 4.02. The lowest BCUT2D eigenvalue weighted by atomic mass is 10.1. The molecule has 0 N–H and O–H groups in total. The van der Waals surface area contributed by atoms with E-state index in [0.29, 0.717) is 23.2 Å². The largest absolute Gasteiger partial charge is 0.298 e. The standard InChI is InChI=1S/C17H19NOS/c19-15(12-20-16-6-2-3-7-16)11-14-10-9-13-5-1-4-8-17(13)18-14/h1,4-5,8-10,16H,2-3,6-7,11-12H2. The average molecular weight is 285 g/mol. The summed E-state index contributed by atoms with van der Waals surface area (Å²) in [4.78, 5) is 16.6. The van der Waals surface area contributed by atoms with Gasteiger partial charge < -0.3 is 0 Å². The Morgan fingerprint density at radius 2 is 1.95 bits per heavy atom. The molecular formula is C17H19NOS. The zero-order valence-electron chi connectivity index (χ0n) is 11.5. The Labute approximate surface area is 124 Å². The van der Waals surface area contributed by atoms with E-state index in [1.54, 1.807) is 0 Å². The minimum Gasteiger partial charge on any atom is -0.298 e. The lowest BCUT2D eigenvalue weighted by Gasteiger charge is -2.07. The molecule has 1 fully saturated rings. The van der Waals surface area contributed by atoms with Crippen LogP contribution in [0.25, 0.3) is 10.9 Å². The van der Waals surface area contributed by atoms with Gasteiger partial charge >= 0.3 is 0 Å². The van der Waals surface area contributed by atoms with Gasteiger partial charge in [0.1, 0.15) is 5.78 Å². The smallest absolute Gasteiger partial charge is 0.148 e. The summed E-state index contributed by atoms with van der Waals surface area (Å²) >= 11 is 1.84. The molecule has 0 unspecified atom stereocenters. The van der Waals surface area contributed by atoms with Crippen molar-refractivity contribution in [3.05, 3.63) is 42.1 Å². The molecule has 1 heterocycles. The number of hydrogen-bond acceptors (Lipinski definition) is 3. The Morgan fingerprint density at radius 1 is 1.15 bits per heavy atom. The number of carbonyl (C=O) groups excluding carboxylic acids is 1. The molecule has 1 saturated carbocycles. The van der Waals surface area contributed by atoms with Gasteiger partial charge in [-0.3, -0.25) is 9.78 Å². The maximum Gasteiger partial charge on any atom is 0.148 e. The molecule has 3 heteroatoms. The number of carbonyl (C=O) groups is 1. The van der Waals surface area contributed by atoms with Crippen LogP contribution in [-0.2, 0) is 11.2 Å². The van der Waals surface area contributed by atoms with Gasteiger partial charge in [-0.15, -0.1) is 0 Å². The van der Waals surface area contributed by atoms with Crippen LogP contribution in [0, 0.1) is 0 Å². The first-order valence-electron chi connectivity index (χ1n) is 7.29. The van der Waals surface area contributed by atoms with E-state index < -0.39 is 0 Å². The molecule has 20 heavy (non-hydrogen) atoms. The number of para-hydroxylation sites is 1. The van der Waals surface area contributed by atoms with Crippen molar-refractivity contribution in [3.63, 3.8) is 0 Å². The Morgan fingerprint density at radius 3 is 2.80 bits per heavy atom. The number of benzene rings is 1. The van der Waals surface area contributed by atoms with Crippen LogP contribution in [0.15, 0.2) is 36.4 Å². The molecule has 0 spiro atoms. The van der Waals surface area contributed by atoms with Gasteiger partial charge in [0, 0.05) is 22.8 Å². The van der Waals surface area contributed by atoms with Crippen molar-refractivity contribution in [3.8, 4) is 0 Å². The summed E-state index contributed by atoms with van der Waals surface area (Å²) in [5.74, 6) is 0.934. The first-order chi connectivity index (χ1) is 9.81. The number of pyridine rings is 1. The van der Waals surface area contributed by atoms with Crippen LogP contribution in [0.3, 0.4) is 0 Å². The maximum absolute atomic E-state index is 12.0. The summed E-state index contributed by atoms with van der Waals surface area (Å²) in [7, 11) is 0. The van der Waals surface area contributed by atoms with Crippen molar-refractivity contribution in [2.45, 2.75) is 37.4 Å². The normalized spacial score (nSPS) is 15.8. The number of thioether (sulfide) groups is 1. The third-order valence-electron chi connectivity index (χ3n) is 3.82. The monoisotopic (exact) mass is 285 g/mol. The first-order valence-corrected chi connectivity index (χ1v) is 8.34. The Hall–Kier alpha value is -1.35. The zero-order chi connectivity index (χ0) is 13.8. The molecule has 0 radical (unpaired) electrons. The number of aromatic nitrogens is 1. The highest BCUT2D eigenvalue weighted by Crippen LogP contribution is 2.29. The number of ketones is 1. The fourth-order valence-electron chi connectivity index (χ4n) is 2.73. The number of nitrogens with zero attached hydrogens (tertiary/aromatic N) is 1. The van der Waals surface area contributed by atoms with Crippen LogP contribution < -0.4 is 0 Å². The fourth-order valence-corrected chi connectivity index (χ4v) is 3.92. The molecule has 0 saturated heterocycles. The first kappa shape index (κ1) is 13.6. The van der Waals surface area contributed by atoms with Crippen molar-refractivity contribution >= 4 is 28.4 Å². The van der Waals surface area contributed by atoms with Crippen LogP contribution in [0.5, 0.6) is 0 Å². The lowest BCUT2D eigenvalue weighted by molar-refractivity contribution is -0.116. The van der Waals surface area contributed by atoms with Crippen molar-refractivity contribution in [1.82, 2.24) is 4.98 Å². The van der Waals surface area contributed by atoms with Gasteiger partial charge in [0.25, 0.3) is 0 Å². The third kappa shape index (κ3) is 3.40. The second-order valence-corrected chi connectivity index (χ2v) is 6.72. The molecule has 1 aliphatic carbocycles. The SMILES string of the molecule is O=C(CSC1CCCC1)Cc1ccc2ccccc2n1. The van der Waals surface area contributed by atoms with Crippen LogP contribution >= 0.6 is 11.8 Å². The summed E-state index contributed by atoms with van der Waals surface area (Å²) in [6, 6.07) is 12.1. The van der Waals surface area contributed by atoms with Crippen molar-refractivity contribution in [1.29, 1.82) is 0 Å². The van der Waals surface area contributed by atoms with Gasteiger partial charge in [-0.25, -0.2) is 0 Å². The van der Waals surface area contributed by atoms with E-state index in [4.69, 9.17) is 0 Å². The molecular weight excluding hydrogens is 266 g/mol. The predicted molar refractivity (Wildman–Crippen MR) is 85.2 cm³/mol. The highest BCUT2D eigenvalue weighted by molar-refractivity contribution is 8.00. The van der Waals surface area contributed by atoms with E-state index in [1.807, 2.05) is 42.1 Å². The Kier molecular flexibility index (Phi) is 4.36. The quantitative estimate of drug-likeness (QED) is 0.831. The number of fused-ring (bicyclic) bond motifs is 1. The minimum absolute atomic E-state index is 0.296. The third-order valence-corrected chi connectivity index (χ3v) is 5.25. The summed E-state index contributed by atoms with van der Waals surface area (Å²) in [5.41, 5.74) is 1.86. The van der Waals surface area contributed by atoms with E-state index in [0.717, 1.165) is 16.6 Å². The van der Waals surface area contributed by atoms with Crippen molar-refractivity contribution in [2.24, 2.45) is 0 Å². The fraction of sp³-hybridized carbons (Fsp3) is 0.412. The molecule has 1 aliphatic rings. The van der Waals surface area contributed by atoms with Crippen LogP contribution in [0.4, 0.5) is 0 Å². The summed E-state index contributed by atoms with van der Waals surface area (Å²) in [6.45, 7) is 0. The van der Waals surface area contributed by atoms with E-state index >= 15 is 0 Å². The molecule has 2 nitrogen and oxygen atoms in total. The van der Waals surface area contributed by atoms with Gasteiger partial charge in [0.05, 0.1) is 11.3 Å². The van der Waals surface area contributed by atoms with E-state index in [1.165, 1.54) is 25.7 Å². The zero-order valence-corrected chi connectivity index (χ0v) is 12.4. The molecule has 0 aliphatic heterocycles. The Balaban J connectivity index is 1.59. The molecule has 1 aromatic carbocycles. The van der Waals surface area contributed by atoms with Gasteiger partial charge in [0.15, 0.2) is 0 Å². The second-order valence-electron chi connectivity index (χ2n) is 5.43. The molecule has 1 aromatic heterocycles. The van der Waals surface area contributed by atoms with Crippen molar-refractivity contribution in [2.75, 3.05) is 5.75 Å². The molecule has 0 bridgehead atoms. The Bertz CT molecular complexity index is 605. The minimum atomic E-state index is 0.296. The lowest BCUT2D eigenvalue weighted by Crippen LogP contribution is -2.09. The van der Waals surface area contributed by atoms with Gasteiger partial charge in [0.2, 0.25) is 0 Å². The highest BCUT2D eigenvalue weighted by atomic mass is 32.2. The number of hydrogen-bond donors (Lipinski definition) is 0. The summed E-state index contributed by atoms with van der Waals surface area (Å²) in [5, 5.41) is 1.84. The van der Waals surface area contributed by atoms with E-state index in [9.17, 15) is 4.79 Å². The molecule has 0 atom stereocenters. The number of Topliss-reactive ketones (excluding diaryl/α,β-unsaturated/α-hetero) is 1. The van der Waals surface area contributed by atoms with Gasteiger partial charge in [-0.2, -0.15) is 11.8 Å². The second kappa shape index (κ2) is 6.40. The number of rotatable bonds is 5. The molecule has 104 valence electrons. The molecule has 0 amide bonds. The van der Waals surface area contributed by atoms with E-state index in [2.05, 4.69) is 11.1 Å². The van der Waals surface area contributed by atoms with Crippen LogP contribution in [0.1, 0.15) is 31.4 Å². The average Bonchev–Trinajstić information content (AvgIpc) is 2.98. The molecule has 3 rings (SSSR count). The van der Waals surface area contributed by atoms with Crippen molar-refractivity contribution < 1.29 is 4.79 Å². The molecule has 2 aromatic rings. The van der Waals surface area contributed by atoms with E-state index in [-0.39, 0.29) is 0 Å². The topological polar surface area (TPSA) is 30.0 Å². The summed E-state index contributed by atoms with van der Waals surface area (Å²) < 4.78 is 0. The summed E-state index contributed by atoms with van der Waals surface area (Å²) in [6.07, 6.45) is 5.69. The highest BCUT2D eigenvalue weighted by Gasteiger charge is 2.16.